The van der Waals surface area contributed by atoms with Gasteiger partial charge in [-0.1, -0.05) is 0 Å². The Labute approximate surface area is 97.7 Å². The number of nitrogens with two attached hydrogens (primary N) is 1. The van der Waals surface area contributed by atoms with Gasteiger partial charge < -0.3 is 10.5 Å². The minimum Gasteiger partial charge on any atom is -0.496 e. The summed E-state index contributed by atoms with van der Waals surface area (Å²) in [5.74, 6) is 0.604. The van der Waals surface area contributed by atoms with Crippen molar-refractivity contribution in [3.63, 3.8) is 0 Å². The molecule has 0 radical (unpaired) electrons. The van der Waals surface area contributed by atoms with Gasteiger partial charge in [0.05, 0.1) is 17.1 Å². The highest BCUT2D eigenvalue weighted by Gasteiger charge is 2.23. The highest BCUT2D eigenvalue weighted by Crippen LogP contribution is 2.26. The van der Waals surface area contributed by atoms with E-state index in [4.69, 9.17) is 10.5 Å². The van der Waals surface area contributed by atoms with Gasteiger partial charge in [0, 0.05) is 5.56 Å². The fourth-order valence-electron chi connectivity index (χ4n) is 1.18. The fraction of sp³-hybridized carbons (Fsp3) is 0.364. The Kier molecular flexibility index (Phi) is 3.52. The number of hydrogen-bond acceptors (Lipinski definition) is 3. The predicted octanol–water partition coefficient (Wildman–Crippen LogP) is 2.38. The Balaban J connectivity index is 3.08. The fourth-order valence-corrected chi connectivity index (χ4v) is 1.72. The van der Waals surface area contributed by atoms with Crippen LogP contribution in [-0.4, -0.2) is 18.4 Å². The van der Waals surface area contributed by atoms with Crippen LogP contribution >= 0.6 is 15.9 Å². The molecule has 0 atom stereocenters. The van der Waals surface area contributed by atoms with E-state index >= 15 is 0 Å². The first-order valence-corrected chi connectivity index (χ1v) is 5.33. The van der Waals surface area contributed by atoms with Crippen molar-refractivity contribution in [2.75, 3.05) is 7.11 Å². The van der Waals surface area contributed by atoms with Crippen LogP contribution < -0.4 is 10.5 Å². The summed E-state index contributed by atoms with van der Waals surface area (Å²) in [5.41, 5.74) is 5.46. The van der Waals surface area contributed by atoms with Crippen molar-refractivity contribution in [1.29, 1.82) is 0 Å². The number of Topliss-reactive ketones (excluding diaryl/α,β-unsaturated/α-hetero) is 1. The van der Waals surface area contributed by atoms with Crippen LogP contribution in [0, 0.1) is 0 Å². The molecular formula is C11H14BrNO2. The Morgan fingerprint density at radius 2 is 2.07 bits per heavy atom. The quantitative estimate of drug-likeness (QED) is 0.859. The minimum atomic E-state index is -0.853. The molecule has 0 aliphatic rings. The zero-order chi connectivity index (χ0) is 11.6. The molecule has 0 saturated heterocycles. The van der Waals surface area contributed by atoms with Gasteiger partial charge in [-0.25, -0.2) is 0 Å². The maximum Gasteiger partial charge on any atom is 0.182 e. The normalized spacial score (nSPS) is 11.3. The largest absolute Gasteiger partial charge is 0.496 e. The summed E-state index contributed by atoms with van der Waals surface area (Å²) >= 11 is 3.32. The summed E-state index contributed by atoms with van der Waals surface area (Å²) in [6.07, 6.45) is 0. The average Bonchev–Trinajstić information content (AvgIpc) is 2.15. The molecule has 3 nitrogen and oxygen atoms in total. The van der Waals surface area contributed by atoms with Gasteiger partial charge in [0.25, 0.3) is 0 Å². The molecular weight excluding hydrogens is 258 g/mol. The monoisotopic (exact) mass is 271 g/mol. The molecule has 0 bridgehead atoms. The van der Waals surface area contributed by atoms with Crippen molar-refractivity contribution in [2.45, 2.75) is 19.4 Å². The Hall–Kier alpha value is -0.870. The zero-order valence-corrected chi connectivity index (χ0v) is 10.6. The molecule has 15 heavy (non-hydrogen) atoms. The third-order valence-electron chi connectivity index (χ3n) is 2.00. The minimum absolute atomic E-state index is 0.0918. The second kappa shape index (κ2) is 4.33. The maximum atomic E-state index is 11.8. The summed E-state index contributed by atoms with van der Waals surface area (Å²) in [5, 5.41) is 0. The maximum absolute atomic E-state index is 11.8. The molecule has 4 heteroatoms. The lowest BCUT2D eigenvalue weighted by Gasteiger charge is -2.17. The number of ether oxygens (including phenoxy) is 1. The van der Waals surface area contributed by atoms with Gasteiger partial charge in [-0.2, -0.15) is 0 Å². The number of carbonyl (C=O) groups is 1. The van der Waals surface area contributed by atoms with Crippen LogP contribution in [0.15, 0.2) is 22.7 Å². The van der Waals surface area contributed by atoms with E-state index in [1.807, 2.05) is 0 Å². The van der Waals surface area contributed by atoms with E-state index in [0.29, 0.717) is 11.3 Å². The molecule has 0 aliphatic carbocycles. The smallest absolute Gasteiger partial charge is 0.182 e. The van der Waals surface area contributed by atoms with Crippen LogP contribution in [-0.2, 0) is 0 Å². The van der Waals surface area contributed by atoms with Crippen molar-refractivity contribution >= 4 is 21.7 Å². The number of hydrogen-bond donors (Lipinski definition) is 1. The second-order valence-electron chi connectivity index (χ2n) is 3.90. The highest BCUT2D eigenvalue weighted by molar-refractivity contribution is 9.10. The van der Waals surface area contributed by atoms with Crippen LogP contribution in [0.4, 0.5) is 0 Å². The van der Waals surface area contributed by atoms with Crippen LogP contribution in [0.2, 0.25) is 0 Å². The zero-order valence-electron chi connectivity index (χ0n) is 9.00. The number of ketones is 1. The molecule has 0 amide bonds. The molecule has 0 aromatic heterocycles. The van der Waals surface area contributed by atoms with Crippen molar-refractivity contribution in [2.24, 2.45) is 5.73 Å². The highest BCUT2D eigenvalue weighted by atomic mass is 79.9. The number of methoxy groups -OCH3 is 1. The SMILES string of the molecule is COc1ccc(C(=O)C(C)(C)N)cc1Br. The van der Waals surface area contributed by atoms with Gasteiger partial charge in [-0.3, -0.25) is 4.79 Å². The molecule has 0 heterocycles. The van der Waals surface area contributed by atoms with Gasteiger partial charge in [0.1, 0.15) is 5.75 Å². The van der Waals surface area contributed by atoms with Crippen molar-refractivity contribution < 1.29 is 9.53 Å². The number of benzene rings is 1. The van der Waals surface area contributed by atoms with Gasteiger partial charge in [-0.15, -0.1) is 0 Å². The molecule has 82 valence electrons. The summed E-state index contributed by atoms with van der Waals surface area (Å²) in [7, 11) is 1.58. The Morgan fingerprint density at radius 1 is 1.47 bits per heavy atom. The summed E-state index contributed by atoms with van der Waals surface area (Å²) in [4.78, 5) is 11.8. The van der Waals surface area contributed by atoms with Gasteiger partial charge in [0.15, 0.2) is 5.78 Å². The third kappa shape index (κ3) is 2.79. The summed E-state index contributed by atoms with van der Waals surface area (Å²) in [6.45, 7) is 3.38. The lowest BCUT2D eigenvalue weighted by Crippen LogP contribution is -2.41. The second-order valence-corrected chi connectivity index (χ2v) is 4.75. The van der Waals surface area contributed by atoms with Crippen LogP contribution in [0.5, 0.6) is 5.75 Å². The standard InChI is InChI=1S/C11H14BrNO2/c1-11(2,13)10(14)7-4-5-9(15-3)8(12)6-7/h4-6H,13H2,1-3H3. The molecule has 1 rings (SSSR count). The Morgan fingerprint density at radius 3 is 2.47 bits per heavy atom. The number of rotatable bonds is 3. The van der Waals surface area contributed by atoms with Gasteiger partial charge in [-0.05, 0) is 48.0 Å². The Bertz CT molecular complexity index is 383. The van der Waals surface area contributed by atoms with E-state index in [9.17, 15) is 4.79 Å². The van der Waals surface area contributed by atoms with E-state index < -0.39 is 5.54 Å². The van der Waals surface area contributed by atoms with Crippen LogP contribution in [0.3, 0.4) is 0 Å². The topological polar surface area (TPSA) is 52.3 Å². The molecule has 0 spiro atoms. The molecule has 0 saturated carbocycles. The molecule has 1 aromatic rings. The molecule has 0 aliphatic heterocycles. The van der Waals surface area contributed by atoms with Crippen molar-refractivity contribution in [3.05, 3.63) is 28.2 Å². The first-order chi connectivity index (χ1) is 6.86. The van der Waals surface area contributed by atoms with Crippen molar-refractivity contribution in [1.82, 2.24) is 0 Å². The van der Waals surface area contributed by atoms with Crippen LogP contribution in [0.1, 0.15) is 24.2 Å². The molecule has 0 unspecified atom stereocenters. The molecule has 1 aromatic carbocycles. The summed E-state index contributed by atoms with van der Waals surface area (Å²) < 4.78 is 5.83. The summed E-state index contributed by atoms with van der Waals surface area (Å²) in [6, 6.07) is 5.17. The number of carbonyl (C=O) groups excluding carboxylic acids is 1. The van der Waals surface area contributed by atoms with E-state index in [-0.39, 0.29) is 5.78 Å². The average molecular weight is 272 g/mol. The van der Waals surface area contributed by atoms with Crippen molar-refractivity contribution in [3.8, 4) is 5.75 Å². The van der Waals surface area contributed by atoms with E-state index in [2.05, 4.69) is 15.9 Å². The first kappa shape index (κ1) is 12.2. The van der Waals surface area contributed by atoms with Gasteiger partial charge >= 0.3 is 0 Å². The predicted molar refractivity (Wildman–Crippen MR) is 63.3 cm³/mol. The lowest BCUT2D eigenvalue weighted by atomic mass is 9.94. The molecule has 0 fully saturated rings. The third-order valence-corrected chi connectivity index (χ3v) is 2.62. The number of halogens is 1. The van der Waals surface area contributed by atoms with Crippen LogP contribution in [0.25, 0.3) is 0 Å². The molecule has 2 N–H and O–H groups in total. The van der Waals surface area contributed by atoms with E-state index in [1.54, 1.807) is 39.2 Å². The van der Waals surface area contributed by atoms with E-state index in [1.165, 1.54) is 0 Å². The lowest BCUT2D eigenvalue weighted by molar-refractivity contribution is 0.0913. The first-order valence-electron chi connectivity index (χ1n) is 4.53. The van der Waals surface area contributed by atoms with E-state index in [0.717, 1.165) is 4.47 Å². The van der Waals surface area contributed by atoms with Gasteiger partial charge in [0.2, 0.25) is 0 Å².